The maximum Gasteiger partial charge on any atom is 0.195 e. The van der Waals surface area contributed by atoms with Gasteiger partial charge in [-0.3, -0.25) is 0 Å². The molecule has 0 spiro atoms. The summed E-state index contributed by atoms with van der Waals surface area (Å²) < 4.78 is 27.0. The molecule has 0 bridgehead atoms. The van der Waals surface area contributed by atoms with E-state index in [2.05, 4.69) is 28.4 Å². The first-order chi connectivity index (χ1) is 13.8. The van der Waals surface area contributed by atoms with Crippen LogP contribution in [0.2, 0.25) is 0 Å². The van der Waals surface area contributed by atoms with Crippen LogP contribution in [0.5, 0.6) is 0 Å². The summed E-state index contributed by atoms with van der Waals surface area (Å²) in [5.74, 6) is 1.61. The van der Waals surface area contributed by atoms with Crippen LogP contribution in [0.25, 0.3) is 11.0 Å². The van der Waals surface area contributed by atoms with Crippen molar-refractivity contribution in [3.8, 4) is 0 Å². The Kier molecular flexibility index (Phi) is 6.52. The van der Waals surface area contributed by atoms with Gasteiger partial charge in [-0.2, -0.15) is 0 Å². The van der Waals surface area contributed by atoms with Crippen LogP contribution >= 0.6 is 0 Å². The van der Waals surface area contributed by atoms with E-state index in [0.717, 1.165) is 60.3 Å². The van der Waals surface area contributed by atoms with Crippen molar-refractivity contribution in [1.29, 1.82) is 0 Å². The normalized spacial score (nSPS) is 12.0. The van der Waals surface area contributed by atoms with Gasteiger partial charge in [0.25, 0.3) is 0 Å². The monoisotopic (exact) mass is 415 g/mol. The number of anilines is 1. The van der Waals surface area contributed by atoms with Crippen LogP contribution in [0.1, 0.15) is 49.7 Å². The van der Waals surface area contributed by atoms with Crippen LogP contribution in [0, 0.1) is 13.8 Å². The van der Waals surface area contributed by atoms with Crippen LogP contribution in [0.15, 0.2) is 29.4 Å². The number of hydrogen-bond acceptors (Lipinski definition) is 6. The van der Waals surface area contributed by atoms with E-state index in [9.17, 15) is 8.42 Å². The Balaban J connectivity index is 1.70. The quantitative estimate of drug-likeness (QED) is 0.535. The molecular formula is C21H29N5O2S. The number of unbranched alkanes of at least 4 members (excludes halogenated alkanes) is 2. The fourth-order valence-corrected chi connectivity index (χ4v) is 4.88. The number of nitrogens with two attached hydrogens (primary N) is 1. The topological polar surface area (TPSA) is 104 Å². The molecule has 0 radical (unpaired) electrons. The van der Waals surface area contributed by atoms with Gasteiger partial charge >= 0.3 is 0 Å². The highest BCUT2D eigenvalue weighted by atomic mass is 32.2. The lowest BCUT2D eigenvalue weighted by Crippen LogP contribution is -2.09. The second kappa shape index (κ2) is 8.90. The number of aromatic nitrogens is 4. The molecule has 3 aromatic rings. The molecule has 0 aromatic carbocycles. The molecule has 0 saturated carbocycles. The van der Waals surface area contributed by atoms with Gasteiger partial charge in [-0.1, -0.05) is 19.4 Å². The zero-order valence-electron chi connectivity index (χ0n) is 17.4. The average Bonchev–Trinajstić information content (AvgIpc) is 3.06. The molecule has 0 atom stereocenters. The molecule has 0 unspecified atom stereocenters. The standard InChI is InChI=1S/C21H29N5O2S/c1-4-10-17-25-19-20(15(2)16(3)24-21(19)22)26(17)13-8-5-9-14-29(27,28)18-11-6-7-12-23-18/h6-7,11-12H,4-5,8-10,13-14H2,1-3H3,(H2,22,24). The third-order valence-electron chi connectivity index (χ3n) is 5.20. The summed E-state index contributed by atoms with van der Waals surface area (Å²) in [4.78, 5) is 13.1. The Hall–Kier alpha value is -2.48. The third-order valence-corrected chi connectivity index (χ3v) is 6.91. The molecule has 3 rings (SSSR count). The summed E-state index contributed by atoms with van der Waals surface area (Å²) in [7, 11) is -3.32. The summed E-state index contributed by atoms with van der Waals surface area (Å²) in [6.07, 6.45) is 5.68. The zero-order valence-corrected chi connectivity index (χ0v) is 18.2. The van der Waals surface area contributed by atoms with E-state index in [-0.39, 0.29) is 10.8 Å². The van der Waals surface area contributed by atoms with Gasteiger partial charge in [0.2, 0.25) is 0 Å². The molecule has 3 aromatic heterocycles. The Morgan fingerprint density at radius 3 is 2.59 bits per heavy atom. The highest BCUT2D eigenvalue weighted by molar-refractivity contribution is 7.91. The van der Waals surface area contributed by atoms with Gasteiger partial charge in [-0.25, -0.2) is 23.4 Å². The van der Waals surface area contributed by atoms with Crippen molar-refractivity contribution in [3.63, 3.8) is 0 Å². The molecule has 29 heavy (non-hydrogen) atoms. The van der Waals surface area contributed by atoms with Crippen molar-refractivity contribution in [3.05, 3.63) is 41.5 Å². The Morgan fingerprint density at radius 1 is 1.10 bits per heavy atom. The number of nitrogen functional groups attached to an aromatic ring is 1. The van der Waals surface area contributed by atoms with E-state index >= 15 is 0 Å². The van der Waals surface area contributed by atoms with Crippen LogP contribution in [-0.2, 0) is 22.8 Å². The minimum Gasteiger partial charge on any atom is -0.382 e. The van der Waals surface area contributed by atoms with Gasteiger partial charge in [0, 0.05) is 24.9 Å². The van der Waals surface area contributed by atoms with Crippen molar-refractivity contribution in [1.82, 2.24) is 19.5 Å². The minimum absolute atomic E-state index is 0.117. The molecule has 0 aliphatic heterocycles. The van der Waals surface area contributed by atoms with Crippen molar-refractivity contribution < 1.29 is 8.42 Å². The number of rotatable bonds is 9. The molecule has 0 amide bonds. The Morgan fingerprint density at radius 2 is 1.90 bits per heavy atom. The molecule has 0 aliphatic rings. The molecule has 0 aliphatic carbocycles. The summed E-state index contributed by atoms with van der Waals surface area (Å²) in [5, 5.41) is 0.153. The van der Waals surface area contributed by atoms with E-state index in [1.54, 1.807) is 18.2 Å². The molecule has 0 fully saturated rings. The number of aryl methyl sites for hydroxylation is 4. The largest absolute Gasteiger partial charge is 0.382 e. The summed E-state index contributed by atoms with van der Waals surface area (Å²) in [5.41, 5.74) is 9.97. The maximum atomic E-state index is 12.4. The number of fused-ring (bicyclic) bond motifs is 1. The smallest absolute Gasteiger partial charge is 0.195 e. The van der Waals surface area contributed by atoms with Crippen LogP contribution in [-0.4, -0.2) is 33.7 Å². The minimum atomic E-state index is -3.32. The van der Waals surface area contributed by atoms with E-state index in [0.29, 0.717) is 12.2 Å². The van der Waals surface area contributed by atoms with Gasteiger partial charge in [0.1, 0.15) is 11.3 Å². The van der Waals surface area contributed by atoms with E-state index in [4.69, 9.17) is 10.7 Å². The van der Waals surface area contributed by atoms with E-state index in [1.807, 2.05) is 6.92 Å². The van der Waals surface area contributed by atoms with Gasteiger partial charge in [-0.05, 0) is 50.8 Å². The summed E-state index contributed by atoms with van der Waals surface area (Å²) in [6, 6.07) is 4.96. The SMILES string of the molecule is CCCc1nc2c(N)nc(C)c(C)c2n1CCCCCS(=O)(=O)c1ccccn1. The molecular weight excluding hydrogens is 386 g/mol. The first-order valence-electron chi connectivity index (χ1n) is 10.1. The number of hydrogen-bond donors (Lipinski definition) is 1. The van der Waals surface area contributed by atoms with Gasteiger partial charge < -0.3 is 10.3 Å². The van der Waals surface area contributed by atoms with Crippen molar-refractivity contribution >= 4 is 26.7 Å². The molecule has 8 heteroatoms. The summed E-state index contributed by atoms with van der Waals surface area (Å²) in [6.45, 7) is 6.94. The fraction of sp³-hybridized carbons (Fsp3) is 0.476. The average molecular weight is 416 g/mol. The van der Waals surface area contributed by atoms with Crippen molar-refractivity contribution in [2.45, 2.75) is 64.4 Å². The highest BCUT2D eigenvalue weighted by Gasteiger charge is 2.18. The molecule has 0 saturated heterocycles. The first kappa shape index (κ1) is 21.2. The number of sulfone groups is 1. The third kappa shape index (κ3) is 4.58. The lowest BCUT2D eigenvalue weighted by Gasteiger charge is -2.11. The molecule has 7 nitrogen and oxygen atoms in total. The predicted octanol–water partition coefficient (Wildman–Crippen LogP) is 3.62. The van der Waals surface area contributed by atoms with Crippen LogP contribution in [0.3, 0.4) is 0 Å². The maximum absolute atomic E-state index is 12.4. The second-order valence-corrected chi connectivity index (χ2v) is 9.44. The van der Waals surface area contributed by atoms with Gasteiger partial charge in [-0.15, -0.1) is 0 Å². The lowest BCUT2D eigenvalue weighted by molar-refractivity contribution is 0.570. The Labute approximate surface area is 172 Å². The predicted molar refractivity (Wildman–Crippen MR) is 116 cm³/mol. The highest BCUT2D eigenvalue weighted by Crippen LogP contribution is 2.27. The van der Waals surface area contributed by atoms with E-state index in [1.165, 1.54) is 6.20 Å². The Bertz CT molecular complexity index is 1090. The van der Waals surface area contributed by atoms with E-state index < -0.39 is 9.84 Å². The molecule has 3 heterocycles. The number of nitrogens with zero attached hydrogens (tertiary/aromatic N) is 4. The molecule has 156 valence electrons. The molecule has 2 N–H and O–H groups in total. The van der Waals surface area contributed by atoms with Crippen molar-refractivity contribution in [2.75, 3.05) is 11.5 Å². The lowest BCUT2D eigenvalue weighted by atomic mass is 10.2. The summed E-state index contributed by atoms with van der Waals surface area (Å²) >= 11 is 0. The fourth-order valence-electron chi connectivity index (χ4n) is 3.58. The van der Waals surface area contributed by atoms with Gasteiger partial charge in [0.05, 0.1) is 11.3 Å². The van der Waals surface area contributed by atoms with Crippen LogP contribution in [0.4, 0.5) is 5.82 Å². The number of imidazole rings is 1. The first-order valence-corrected chi connectivity index (χ1v) is 11.8. The van der Waals surface area contributed by atoms with Crippen LogP contribution < -0.4 is 5.73 Å². The zero-order chi connectivity index (χ0) is 21.0. The van der Waals surface area contributed by atoms with Gasteiger partial charge in [0.15, 0.2) is 20.7 Å². The second-order valence-electron chi connectivity index (χ2n) is 7.38. The number of pyridine rings is 2. The van der Waals surface area contributed by atoms with Crippen molar-refractivity contribution in [2.24, 2.45) is 0 Å².